The summed E-state index contributed by atoms with van der Waals surface area (Å²) < 4.78 is 5.39. The minimum Gasteiger partial charge on any atom is -0.425 e. The summed E-state index contributed by atoms with van der Waals surface area (Å²) in [7, 11) is 0. The molecule has 0 saturated carbocycles. The molecule has 2 aromatic carbocycles. The number of nitro groups is 1. The highest BCUT2D eigenvalue weighted by atomic mass is 79.9. The van der Waals surface area contributed by atoms with E-state index in [2.05, 4.69) is 15.9 Å². The molecule has 2 unspecified atom stereocenters. The van der Waals surface area contributed by atoms with Gasteiger partial charge in [0.1, 0.15) is 16.7 Å². The third-order valence-corrected chi connectivity index (χ3v) is 4.43. The number of carbonyl (C=O) groups is 1. The van der Waals surface area contributed by atoms with E-state index in [1.807, 2.05) is 32.0 Å². The number of esters is 1. The Bertz CT molecular complexity index is 740. The Hall–Kier alpha value is -2.25. The van der Waals surface area contributed by atoms with E-state index in [1.165, 1.54) is 24.3 Å². The number of rotatable bonds is 5. The van der Waals surface area contributed by atoms with Gasteiger partial charge in [-0.25, -0.2) is 0 Å². The molecule has 0 fully saturated rings. The second kappa shape index (κ2) is 7.55. The van der Waals surface area contributed by atoms with Crippen molar-refractivity contribution < 1.29 is 19.6 Å². The zero-order valence-electron chi connectivity index (χ0n) is 13.1. The molecular weight excluding hydrogens is 378 g/mol. The SMILES string of the molecule is Cc1cccc(C)c1OC(=O)C(Br)C(O)c1ccc([N+](=O)[O-])cc1. The van der Waals surface area contributed by atoms with Crippen LogP contribution in [0.2, 0.25) is 0 Å². The van der Waals surface area contributed by atoms with Crippen molar-refractivity contribution in [2.75, 3.05) is 0 Å². The summed E-state index contributed by atoms with van der Waals surface area (Å²) in [6.07, 6.45) is -1.19. The van der Waals surface area contributed by atoms with Crippen LogP contribution in [0, 0.1) is 24.0 Å². The Morgan fingerprint density at radius 2 is 1.71 bits per heavy atom. The number of carbonyl (C=O) groups excluding carboxylic acids is 1. The smallest absolute Gasteiger partial charge is 0.328 e. The summed E-state index contributed by atoms with van der Waals surface area (Å²) >= 11 is 3.14. The van der Waals surface area contributed by atoms with E-state index in [4.69, 9.17) is 4.74 Å². The lowest BCUT2D eigenvalue weighted by atomic mass is 10.1. The van der Waals surface area contributed by atoms with Gasteiger partial charge in [0, 0.05) is 12.1 Å². The zero-order chi connectivity index (χ0) is 17.9. The number of non-ortho nitro benzene ring substituents is 1. The van der Waals surface area contributed by atoms with E-state index >= 15 is 0 Å². The standard InChI is InChI=1S/C17H16BrNO5/c1-10-4-3-5-11(2)16(10)24-17(21)14(18)15(20)12-6-8-13(9-7-12)19(22)23/h3-9,14-15,20H,1-2H3. The first kappa shape index (κ1) is 18.1. The second-order valence-corrected chi connectivity index (χ2v) is 6.32. The van der Waals surface area contributed by atoms with Gasteiger partial charge in [0.2, 0.25) is 0 Å². The minimum absolute atomic E-state index is 0.0878. The maximum Gasteiger partial charge on any atom is 0.328 e. The first-order valence-corrected chi connectivity index (χ1v) is 8.07. The number of hydrogen-bond acceptors (Lipinski definition) is 5. The minimum atomic E-state index is -1.19. The van der Waals surface area contributed by atoms with Gasteiger partial charge in [-0.05, 0) is 42.7 Å². The zero-order valence-corrected chi connectivity index (χ0v) is 14.7. The Balaban J connectivity index is 2.13. The maximum absolute atomic E-state index is 12.3. The second-order valence-electron chi connectivity index (χ2n) is 5.34. The van der Waals surface area contributed by atoms with Crippen LogP contribution in [-0.2, 0) is 4.79 Å². The van der Waals surface area contributed by atoms with Crippen molar-refractivity contribution in [1.82, 2.24) is 0 Å². The largest absolute Gasteiger partial charge is 0.425 e. The molecule has 0 saturated heterocycles. The van der Waals surface area contributed by atoms with Crippen molar-refractivity contribution in [3.63, 3.8) is 0 Å². The fourth-order valence-electron chi connectivity index (χ4n) is 2.21. The van der Waals surface area contributed by atoms with Gasteiger partial charge in [0.05, 0.1) is 4.92 Å². The number of para-hydroxylation sites is 1. The predicted octanol–water partition coefficient (Wildman–Crippen LogP) is 3.61. The van der Waals surface area contributed by atoms with Gasteiger partial charge in [0.15, 0.2) is 0 Å². The van der Waals surface area contributed by atoms with Crippen LogP contribution in [0.4, 0.5) is 5.69 Å². The molecule has 0 aliphatic carbocycles. The maximum atomic E-state index is 12.3. The van der Waals surface area contributed by atoms with Crippen LogP contribution in [0.5, 0.6) is 5.75 Å². The third-order valence-electron chi connectivity index (χ3n) is 3.56. The highest BCUT2D eigenvalue weighted by Crippen LogP contribution is 2.28. The molecule has 1 N–H and O–H groups in total. The molecule has 0 heterocycles. The Morgan fingerprint density at radius 1 is 1.17 bits per heavy atom. The van der Waals surface area contributed by atoms with E-state index in [1.54, 1.807) is 0 Å². The van der Waals surface area contributed by atoms with E-state index in [0.717, 1.165) is 11.1 Å². The number of halogens is 1. The molecule has 24 heavy (non-hydrogen) atoms. The van der Waals surface area contributed by atoms with Crippen molar-refractivity contribution >= 4 is 27.6 Å². The van der Waals surface area contributed by atoms with Gasteiger partial charge in [0.25, 0.3) is 5.69 Å². The van der Waals surface area contributed by atoms with Crippen molar-refractivity contribution in [3.05, 3.63) is 69.3 Å². The lowest BCUT2D eigenvalue weighted by molar-refractivity contribution is -0.384. The number of aliphatic hydroxyl groups excluding tert-OH is 1. The van der Waals surface area contributed by atoms with Gasteiger partial charge >= 0.3 is 5.97 Å². The monoisotopic (exact) mass is 393 g/mol. The molecule has 0 aliphatic rings. The molecule has 0 spiro atoms. The normalized spacial score (nSPS) is 13.2. The molecule has 6 nitrogen and oxygen atoms in total. The molecule has 2 rings (SSSR count). The van der Waals surface area contributed by atoms with E-state index in [-0.39, 0.29) is 5.69 Å². The summed E-state index contributed by atoms with van der Waals surface area (Å²) in [5.41, 5.74) is 1.91. The predicted molar refractivity (Wildman–Crippen MR) is 92.3 cm³/mol. The molecule has 0 radical (unpaired) electrons. The van der Waals surface area contributed by atoms with Gasteiger partial charge < -0.3 is 9.84 Å². The molecule has 7 heteroatoms. The lowest BCUT2D eigenvalue weighted by Crippen LogP contribution is -2.27. The number of aryl methyl sites for hydroxylation is 2. The molecule has 0 bridgehead atoms. The number of hydrogen-bond donors (Lipinski definition) is 1. The Morgan fingerprint density at radius 3 is 2.21 bits per heavy atom. The Labute approximate surface area is 147 Å². The Kier molecular flexibility index (Phi) is 5.69. The van der Waals surface area contributed by atoms with Crippen LogP contribution in [0.25, 0.3) is 0 Å². The topological polar surface area (TPSA) is 89.7 Å². The molecule has 2 atom stereocenters. The van der Waals surface area contributed by atoms with Gasteiger partial charge in [-0.15, -0.1) is 0 Å². The first-order chi connectivity index (χ1) is 11.3. The fraction of sp³-hybridized carbons (Fsp3) is 0.235. The molecule has 0 aliphatic heterocycles. The number of alkyl halides is 1. The lowest BCUT2D eigenvalue weighted by Gasteiger charge is -2.18. The van der Waals surface area contributed by atoms with Crippen LogP contribution in [0.3, 0.4) is 0 Å². The van der Waals surface area contributed by atoms with Crippen molar-refractivity contribution in [3.8, 4) is 5.75 Å². The van der Waals surface area contributed by atoms with Crippen molar-refractivity contribution in [2.45, 2.75) is 24.8 Å². The van der Waals surface area contributed by atoms with E-state index in [9.17, 15) is 20.0 Å². The van der Waals surface area contributed by atoms with Crippen molar-refractivity contribution in [2.24, 2.45) is 0 Å². The number of benzene rings is 2. The van der Waals surface area contributed by atoms with E-state index in [0.29, 0.717) is 11.3 Å². The summed E-state index contributed by atoms with van der Waals surface area (Å²) in [6.45, 7) is 3.65. The number of ether oxygens (including phenoxy) is 1. The molecule has 0 amide bonds. The quantitative estimate of drug-likeness (QED) is 0.275. The van der Waals surface area contributed by atoms with Crippen molar-refractivity contribution in [1.29, 1.82) is 0 Å². The van der Waals surface area contributed by atoms with Crippen LogP contribution in [0.1, 0.15) is 22.8 Å². The average Bonchev–Trinajstić information content (AvgIpc) is 2.56. The number of nitrogens with zero attached hydrogens (tertiary/aromatic N) is 1. The summed E-state index contributed by atoms with van der Waals surface area (Å²) in [5.74, 6) is -0.180. The third kappa shape index (κ3) is 3.98. The molecule has 126 valence electrons. The van der Waals surface area contributed by atoms with Crippen LogP contribution in [0.15, 0.2) is 42.5 Å². The van der Waals surface area contributed by atoms with Gasteiger partial charge in [-0.1, -0.05) is 34.1 Å². The highest BCUT2D eigenvalue weighted by Gasteiger charge is 2.28. The van der Waals surface area contributed by atoms with Crippen LogP contribution in [-0.4, -0.2) is 20.8 Å². The molecule has 2 aromatic rings. The van der Waals surface area contributed by atoms with E-state index < -0.39 is 21.8 Å². The number of nitro benzene ring substituents is 1. The fourth-order valence-corrected chi connectivity index (χ4v) is 2.61. The molecular formula is C17H16BrNO5. The summed E-state index contributed by atoms with van der Waals surface area (Å²) in [6, 6.07) is 10.9. The summed E-state index contributed by atoms with van der Waals surface area (Å²) in [4.78, 5) is 21.4. The average molecular weight is 394 g/mol. The van der Waals surface area contributed by atoms with Gasteiger partial charge in [-0.2, -0.15) is 0 Å². The number of aliphatic hydroxyl groups is 1. The molecule has 0 aromatic heterocycles. The van der Waals surface area contributed by atoms with Gasteiger partial charge in [-0.3, -0.25) is 14.9 Å². The summed E-state index contributed by atoms with van der Waals surface area (Å²) in [5, 5.41) is 20.9. The highest BCUT2D eigenvalue weighted by molar-refractivity contribution is 9.10. The first-order valence-electron chi connectivity index (χ1n) is 7.15. The van der Waals surface area contributed by atoms with Crippen LogP contribution >= 0.6 is 15.9 Å². The van der Waals surface area contributed by atoms with Crippen LogP contribution < -0.4 is 4.74 Å².